The van der Waals surface area contributed by atoms with Gasteiger partial charge in [0.2, 0.25) is 0 Å². The van der Waals surface area contributed by atoms with Gasteiger partial charge in [0.1, 0.15) is 0 Å². The molecule has 2 heterocycles. The van der Waals surface area contributed by atoms with Gasteiger partial charge in [0.15, 0.2) is 0 Å². The Kier molecular flexibility index (Phi) is 3.44. The first-order chi connectivity index (χ1) is 7.72. The smallest absolute Gasteiger partial charge is 0.0456 e. The number of aryl methyl sites for hydroxylation is 2. The summed E-state index contributed by atoms with van der Waals surface area (Å²) < 4.78 is 0. The average molecular weight is 219 g/mol. The van der Waals surface area contributed by atoms with Crippen LogP contribution in [0.25, 0.3) is 0 Å². The third-order valence-corrected chi connectivity index (χ3v) is 3.55. The van der Waals surface area contributed by atoms with E-state index < -0.39 is 0 Å². The van der Waals surface area contributed by atoms with E-state index in [0.717, 1.165) is 25.6 Å². The number of pyridine rings is 1. The van der Waals surface area contributed by atoms with Crippen molar-refractivity contribution in [1.82, 2.24) is 4.98 Å². The van der Waals surface area contributed by atoms with Crippen molar-refractivity contribution in [2.75, 3.05) is 24.5 Å². The Morgan fingerprint density at radius 2 is 1.81 bits per heavy atom. The molecule has 1 fully saturated rings. The predicted molar refractivity (Wildman–Crippen MR) is 67.7 cm³/mol. The summed E-state index contributed by atoms with van der Waals surface area (Å²) in [7, 11) is 0. The first-order valence-corrected chi connectivity index (χ1v) is 6.08. The fourth-order valence-electron chi connectivity index (χ4n) is 2.59. The number of hydrogen-bond acceptors (Lipinski definition) is 3. The zero-order chi connectivity index (χ0) is 11.5. The molecule has 0 radical (unpaired) electrons. The number of aromatic nitrogens is 1. The van der Waals surface area contributed by atoms with Crippen molar-refractivity contribution in [3.63, 3.8) is 0 Å². The number of nitrogens with two attached hydrogens (primary N) is 1. The lowest BCUT2D eigenvalue weighted by atomic mass is 9.96. The van der Waals surface area contributed by atoms with Crippen LogP contribution >= 0.6 is 0 Å². The molecule has 1 aliphatic heterocycles. The Labute approximate surface area is 97.7 Å². The Hall–Kier alpha value is -1.09. The lowest BCUT2D eigenvalue weighted by Gasteiger charge is -2.34. The molecular weight excluding hydrogens is 198 g/mol. The maximum atomic E-state index is 5.72. The average Bonchev–Trinajstić information content (AvgIpc) is 2.30. The molecule has 0 bridgehead atoms. The topological polar surface area (TPSA) is 42.2 Å². The Morgan fingerprint density at radius 3 is 2.31 bits per heavy atom. The van der Waals surface area contributed by atoms with Gasteiger partial charge < -0.3 is 10.6 Å². The summed E-state index contributed by atoms with van der Waals surface area (Å²) in [6.07, 6.45) is 6.35. The third kappa shape index (κ3) is 2.19. The van der Waals surface area contributed by atoms with E-state index in [9.17, 15) is 0 Å². The zero-order valence-electron chi connectivity index (χ0n) is 10.2. The third-order valence-electron chi connectivity index (χ3n) is 3.55. The first-order valence-electron chi connectivity index (χ1n) is 6.08. The zero-order valence-corrected chi connectivity index (χ0v) is 10.2. The molecule has 1 saturated heterocycles. The molecule has 16 heavy (non-hydrogen) atoms. The summed E-state index contributed by atoms with van der Waals surface area (Å²) in [6, 6.07) is 0. The molecule has 0 aromatic carbocycles. The first kappa shape index (κ1) is 11.4. The minimum Gasteiger partial charge on any atom is -0.371 e. The van der Waals surface area contributed by atoms with Gasteiger partial charge in [-0.2, -0.15) is 0 Å². The maximum Gasteiger partial charge on any atom is 0.0456 e. The van der Waals surface area contributed by atoms with Crippen LogP contribution in [0.1, 0.15) is 24.0 Å². The normalized spacial score (nSPS) is 17.8. The maximum absolute atomic E-state index is 5.72. The van der Waals surface area contributed by atoms with Gasteiger partial charge in [0.25, 0.3) is 0 Å². The predicted octanol–water partition coefficient (Wildman–Crippen LogP) is 1.87. The number of piperidine rings is 1. The summed E-state index contributed by atoms with van der Waals surface area (Å²) >= 11 is 0. The van der Waals surface area contributed by atoms with E-state index in [1.165, 1.54) is 29.7 Å². The Morgan fingerprint density at radius 1 is 1.25 bits per heavy atom. The van der Waals surface area contributed by atoms with Crippen LogP contribution in [0.2, 0.25) is 0 Å². The molecular formula is C13H21N3. The van der Waals surface area contributed by atoms with Crippen LogP contribution in [-0.4, -0.2) is 24.6 Å². The van der Waals surface area contributed by atoms with Crippen LogP contribution < -0.4 is 10.6 Å². The van der Waals surface area contributed by atoms with E-state index in [0.29, 0.717) is 0 Å². The Bertz CT molecular complexity index is 334. The van der Waals surface area contributed by atoms with Crippen molar-refractivity contribution in [3.05, 3.63) is 23.5 Å². The van der Waals surface area contributed by atoms with E-state index in [1.807, 2.05) is 12.4 Å². The second kappa shape index (κ2) is 4.83. The molecule has 1 aliphatic rings. The van der Waals surface area contributed by atoms with Crippen molar-refractivity contribution < 1.29 is 0 Å². The fourth-order valence-corrected chi connectivity index (χ4v) is 2.59. The number of anilines is 1. The van der Waals surface area contributed by atoms with E-state index in [-0.39, 0.29) is 0 Å². The summed E-state index contributed by atoms with van der Waals surface area (Å²) in [5.41, 5.74) is 9.67. The van der Waals surface area contributed by atoms with E-state index >= 15 is 0 Å². The van der Waals surface area contributed by atoms with Crippen molar-refractivity contribution in [3.8, 4) is 0 Å². The van der Waals surface area contributed by atoms with Crippen LogP contribution in [0.3, 0.4) is 0 Å². The summed E-state index contributed by atoms with van der Waals surface area (Å²) in [5, 5.41) is 0. The van der Waals surface area contributed by atoms with Crippen LogP contribution in [0.5, 0.6) is 0 Å². The number of nitrogens with zero attached hydrogens (tertiary/aromatic N) is 2. The van der Waals surface area contributed by atoms with Crippen LogP contribution in [0, 0.1) is 19.8 Å². The lowest BCUT2D eigenvalue weighted by Crippen LogP contribution is -2.36. The van der Waals surface area contributed by atoms with Gasteiger partial charge >= 0.3 is 0 Å². The van der Waals surface area contributed by atoms with Gasteiger partial charge in [-0.15, -0.1) is 0 Å². The monoisotopic (exact) mass is 219 g/mol. The quantitative estimate of drug-likeness (QED) is 0.825. The molecule has 88 valence electrons. The molecule has 3 nitrogen and oxygen atoms in total. The molecule has 0 amide bonds. The fraction of sp³-hybridized carbons (Fsp3) is 0.615. The second-order valence-electron chi connectivity index (χ2n) is 4.79. The van der Waals surface area contributed by atoms with Gasteiger partial charge in [0, 0.05) is 31.2 Å². The van der Waals surface area contributed by atoms with E-state index in [1.54, 1.807) is 0 Å². The van der Waals surface area contributed by atoms with Crippen molar-refractivity contribution in [2.24, 2.45) is 11.7 Å². The molecule has 3 heteroatoms. The van der Waals surface area contributed by atoms with Gasteiger partial charge in [0.05, 0.1) is 0 Å². The highest BCUT2D eigenvalue weighted by molar-refractivity contribution is 5.57. The highest BCUT2D eigenvalue weighted by Crippen LogP contribution is 2.27. The molecule has 0 aliphatic carbocycles. The molecule has 1 aromatic rings. The number of rotatable bonds is 2. The van der Waals surface area contributed by atoms with Gasteiger partial charge in [-0.25, -0.2) is 0 Å². The summed E-state index contributed by atoms with van der Waals surface area (Å²) in [5.74, 6) is 0.721. The SMILES string of the molecule is Cc1cncc(C)c1N1CCC(CN)CC1. The molecule has 0 spiro atoms. The van der Waals surface area contributed by atoms with Crippen LogP contribution in [-0.2, 0) is 0 Å². The minimum atomic E-state index is 0.721. The molecule has 0 saturated carbocycles. The highest BCUT2D eigenvalue weighted by Gasteiger charge is 2.20. The molecule has 0 unspecified atom stereocenters. The van der Waals surface area contributed by atoms with Gasteiger partial charge in [-0.05, 0) is 50.3 Å². The number of hydrogen-bond donors (Lipinski definition) is 1. The molecule has 2 rings (SSSR count). The van der Waals surface area contributed by atoms with Crippen molar-refractivity contribution in [2.45, 2.75) is 26.7 Å². The van der Waals surface area contributed by atoms with Crippen molar-refractivity contribution >= 4 is 5.69 Å². The second-order valence-corrected chi connectivity index (χ2v) is 4.79. The van der Waals surface area contributed by atoms with Gasteiger partial charge in [-0.3, -0.25) is 4.98 Å². The molecule has 0 atom stereocenters. The minimum absolute atomic E-state index is 0.721. The van der Waals surface area contributed by atoms with E-state index in [2.05, 4.69) is 23.7 Å². The largest absolute Gasteiger partial charge is 0.371 e. The lowest BCUT2D eigenvalue weighted by molar-refractivity contribution is 0.414. The summed E-state index contributed by atoms with van der Waals surface area (Å²) in [6.45, 7) is 7.39. The van der Waals surface area contributed by atoms with E-state index in [4.69, 9.17) is 5.73 Å². The standard InChI is InChI=1S/C13H21N3/c1-10-8-15-9-11(2)13(10)16-5-3-12(7-14)4-6-16/h8-9,12H,3-7,14H2,1-2H3. The van der Waals surface area contributed by atoms with Crippen molar-refractivity contribution in [1.29, 1.82) is 0 Å². The van der Waals surface area contributed by atoms with Crippen LogP contribution in [0.15, 0.2) is 12.4 Å². The highest BCUT2D eigenvalue weighted by atomic mass is 15.1. The van der Waals surface area contributed by atoms with Gasteiger partial charge in [-0.1, -0.05) is 0 Å². The van der Waals surface area contributed by atoms with Crippen LogP contribution in [0.4, 0.5) is 5.69 Å². The molecule has 1 aromatic heterocycles. The summed E-state index contributed by atoms with van der Waals surface area (Å²) in [4.78, 5) is 6.71. The Balaban J connectivity index is 2.14. The molecule has 2 N–H and O–H groups in total.